The highest BCUT2D eigenvalue weighted by Crippen LogP contribution is 2.27. The molecule has 1 aliphatic heterocycles. The number of nitrogens with zero attached hydrogens (tertiary/aromatic N) is 3. The summed E-state index contributed by atoms with van der Waals surface area (Å²) < 4.78 is 45.9. The van der Waals surface area contributed by atoms with Crippen molar-refractivity contribution in [3.05, 3.63) is 60.5 Å². The first-order valence-corrected chi connectivity index (χ1v) is 13.3. The van der Waals surface area contributed by atoms with Crippen LogP contribution in [0.4, 0.5) is 33.2 Å². The number of likely N-dealkylation sites (tertiary alicyclic amines) is 1. The minimum absolute atomic E-state index is 0.0943. The minimum atomic E-state index is -3.51. The Hall–Kier alpha value is -3.44. The fourth-order valence-corrected chi connectivity index (χ4v) is 4.35. The van der Waals surface area contributed by atoms with Gasteiger partial charge < -0.3 is 20.3 Å². The van der Waals surface area contributed by atoms with Gasteiger partial charge in [0, 0.05) is 12.2 Å². The third-order valence-corrected chi connectivity index (χ3v) is 6.01. The molecule has 2 aromatic carbocycles. The van der Waals surface area contributed by atoms with Crippen LogP contribution < -0.4 is 20.1 Å². The monoisotopic (exact) mass is 500 g/mol. The van der Waals surface area contributed by atoms with Gasteiger partial charge >= 0.3 is 0 Å². The van der Waals surface area contributed by atoms with Crippen LogP contribution in [0.5, 0.6) is 5.75 Å². The molecule has 0 bridgehead atoms. The molecule has 1 saturated heterocycles. The third kappa shape index (κ3) is 7.52. The average molecular weight is 501 g/mol. The zero-order valence-corrected chi connectivity index (χ0v) is 20.3. The Morgan fingerprint density at radius 3 is 2.46 bits per heavy atom. The maximum atomic E-state index is 14.4. The molecular weight excluding hydrogens is 471 g/mol. The minimum Gasteiger partial charge on any atom is -0.494 e. The summed E-state index contributed by atoms with van der Waals surface area (Å²) in [6, 6.07) is 13.9. The second-order valence-corrected chi connectivity index (χ2v) is 10.1. The van der Waals surface area contributed by atoms with Crippen molar-refractivity contribution in [1.82, 2.24) is 14.9 Å². The van der Waals surface area contributed by atoms with Crippen molar-refractivity contribution >= 4 is 38.9 Å². The summed E-state index contributed by atoms with van der Waals surface area (Å²) >= 11 is 0. The Morgan fingerprint density at radius 1 is 1.03 bits per heavy atom. The van der Waals surface area contributed by atoms with E-state index in [-0.39, 0.29) is 17.5 Å². The van der Waals surface area contributed by atoms with Gasteiger partial charge in [0.05, 0.1) is 30.4 Å². The Balaban J connectivity index is 1.36. The fourth-order valence-electron chi connectivity index (χ4n) is 3.77. The summed E-state index contributed by atoms with van der Waals surface area (Å²) in [5.41, 5.74) is 1.34. The van der Waals surface area contributed by atoms with E-state index in [1.165, 1.54) is 25.9 Å². The van der Waals surface area contributed by atoms with Crippen LogP contribution >= 0.6 is 0 Å². The molecule has 1 aromatic heterocycles. The van der Waals surface area contributed by atoms with Crippen LogP contribution in [0, 0.1) is 5.82 Å². The van der Waals surface area contributed by atoms with Crippen molar-refractivity contribution in [3.8, 4) is 5.75 Å². The van der Waals surface area contributed by atoms with Crippen LogP contribution in [0.15, 0.2) is 54.7 Å². The normalized spacial score (nSPS) is 14.0. The first-order chi connectivity index (χ1) is 16.9. The summed E-state index contributed by atoms with van der Waals surface area (Å²) in [4.78, 5) is 10.7. The van der Waals surface area contributed by atoms with E-state index in [1.807, 2.05) is 24.3 Å². The first-order valence-electron chi connectivity index (χ1n) is 11.4. The van der Waals surface area contributed by atoms with Crippen molar-refractivity contribution in [1.29, 1.82) is 0 Å². The number of para-hydroxylation sites is 2. The maximum Gasteiger partial charge on any atom is 0.229 e. The number of anilines is 5. The standard InChI is InChI=1S/C24H29FN6O3S/c1-35(32,33)30-22-8-3-2-7-21(22)28-23-20(25)17-26-24(29-23)27-18-9-11-19(12-10-18)34-16-6-15-31-13-4-5-14-31/h2-3,7-12,17,30H,4-6,13-16H2,1H3,(H2,26,27,28,29). The smallest absolute Gasteiger partial charge is 0.229 e. The molecule has 1 fully saturated rings. The molecule has 0 radical (unpaired) electrons. The predicted molar refractivity (Wildman–Crippen MR) is 136 cm³/mol. The molecule has 0 atom stereocenters. The molecule has 186 valence electrons. The number of rotatable bonds is 11. The van der Waals surface area contributed by atoms with E-state index < -0.39 is 15.8 Å². The lowest BCUT2D eigenvalue weighted by Crippen LogP contribution is -2.21. The number of halogens is 1. The van der Waals surface area contributed by atoms with Crippen LogP contribution in [0.2, 0.25) is 0 Å². The quantitative estimate of drug-likeness (QED) is 0.334. The number of nitrogens with one attached hydrogen (secondary N) is 3. The zero-order valence-electron chi connectivity index (χ0n) is 19.5. The van der Waals surface area contributed by atoms with Gasteiger partial charge in [0.25, 0.3) is 0 Å². The average Bonchev–Trinajstić information content (AvgIpc) is 3.34. The molecular formula is C24H29FN6O3S. The van der Waals surface area contributed by atoms with E-state index in [4.69, 9.17) is 4.74 Å². The maximum absolute atomic E-state index is 14.4. The Morgan fingerprint density at radius 2 is 1.74 bits per heavy atom. The van der Waals surface area contributed by atoms with Gasteiger partial charge in [0.1, 0.15) is 5.75 Å². The van der Waals surface area contributed by atoms with Crippen LogP contribution in [-0.2, 0) is 10.0 Å². The largest absolute Gasteiger partial charge is 0.494 e. The molecule has 4 rings (SSSR count). The van der Waals surface area contributed by atoms with Gasteiger partial charge in [-0.2, -0.15) is 4.98 Å². The van der Waals surface area contributed by atoms with Gasteiger partial charge in [-0.25, -0.2) is 17.8 Å². The van der Waals surface area contributed by atoms with Crippen molar-refractivity contribution in [2.45, 2.75) is 19.3 Å². The molecule has 0 aliphatic carbocycles. The number of hydrogen-bond acceptors (Lipinski definition) is 8. The summed E-state index contributed by atoms with van der Waals surface area (Å²) in [5, 5.41) is 5.87. The van der Waals surface area contributed by atoms with Crippen LogP contribution in [0.3, 0.4) is 0 Å². The van der Waals surface area contributed by atoms with E-state index in [0.29, 0.717) is 18.0 Å². The summed E-state index contributed by atoms with van der Waals surface area (Å²) in [5.74, 6) is 0.182. The highest BCUT2D eigenvalue weighted by Gasteiger charge is 2.13. The van der Waals surface area contributed by atoms with Gasteiger partial charge in [-0.3, -0.25) is 4.72 Å². The summed E-state index contributed by atoms with van der Waals surface area (Å²) in [6.07, 6.45) is 5.66. The molecule has 0 amide bonds. The van der Waals surface area contributed by atoms with Crippen LogP contribution in [0.1, 0.15) is 19.3 Å². The SMILES string of the molecule is CS(=O)(=O)Nc1ccccc1Nc1nc(Nc2ccc(OCCCN3CCCC3)cc2)ncc1F. The number of aromatic nitrogens is 2. The topological polar surface area (TPSA) is 108 Å². The Bertz CT molecular complexity index is 1230. The third-order valence-electron chi connectivity index (χ3n) is 5.42. The first kappa shape index (κ1) is 24.7. The van der Waals surface area contributed by atoms with Crippen molar-refractivity contribution in [2.24, 2.45) is 0 Å². The number of benzene rings is 2. The lowest BCUT2D eigenvalue weighted by atomic mass is 10.2. The lowest BCUT2D eigenvalue weighted by Gasteiger charge is -2.14. The van der Waals surface area contributed by atoms with Gasteiger partial charge in [0.2, 0.25) is 16.0 Å². The number of ether oxygens (including phenoxy) is 1. The highest BCUT2D eigenvalue weighted by atomic mass is 32.2. The number of sulfonamides is 1. The van der Waals surface area contributed by atoms with Gasteiger partial charge in [-0.05, 0) is 68.8 Å². The molecule has 0 unspecified atom stereocenters. The van der Waals surface area contributed by atoms with Crippen LogP contribution in [0.25, 0.3) is 0 Å². The molecule has 0 saturated carbocycles. The van der Waals surface area contributed by atoms with Crippen molar-refractivity contribution < 1.29 is 17.5 Å². The summed E-state index contributed by atoms with van der Waals surface area (Å²) in [6.45, 7) is 4.10. The van der Waals surface area contributed by atoms with E-state index in [0.717, 1.165) is 31.2 Å². The Labute approximate surface area is 204 Å². The molecule has 1 aliphatic rings. The van der Waals surface area contributed by atoms with E-state index in [9.17, 15) is 12.8 Å². The van der Waals surface area contributed by atoms with Gasteiger partial charge in [-0.1, -0.05) is 12.1 Å². The highest BCUT2D eigenvalue weighted by molar-refractivity contribution is 7.92. The van der Waals surface area contributed by atoms with Crippen LogP contribution in [-0.4, -0.2) is 55.8 Å². The number of hydrogen-bond donors (Lipinski definition) is 3. The fraction of sp³-hybridized carbons (Fsp3) is 0.333. The van der Waals surface area contributed by atoms with E-state index >= 15 is 0 Å². The van der Waals surface area contributed by atoms with Gasteiger partial charge in [-0.15, -0.1) is 0 Å². The molecule has 35 heavy (non-hydrogen) atoms. The molecule has 3 aromatic rings. The molecule has 0 spiro atoms. The Kier molecular flexibility index (Phi) is 7.98. The lowest BCUT2D eigenvalue weighted by molar-refractivity contribution is 0.263. The predicted octanol–water partition coefficient (Wildman–Crippen LogP) is 4.34. The molecule has 11 heteroatoms. The van der Waals surface area contributed by atoms with E-state index in [2.05, 4.69) is 30.2 Å². The molecule has 2 heterocycles. The zero-order chi connectivity index (χ0) is 24.7. The van der Waals surface area contributed by atoms with Crippen molar-refractivity contribution in [3.63, 3.8) is 0 Å². The second-order valence-electron chi connectivity index (χ2n) is 8.34. The molecule has 3 N–H and O–H groups in total. The second kappa shape index (κ2) is 11.3. The molecule has 9 nitrogen and oxygen atoms in total. The van der Waals surface area contributed by atoms with Gasteiger partial charge in [0.15, 0.2) is 11.6 Å². The van der Waals surface area contributed by atoms with E-state index in [1.54, 1.807) is 24.3 Å². The summed E-state index contributed by atoms with van der Waals surface area (Å²) in [7, 11) is -3.51. The van der Waals surface area contributed by atoms with Crippen molar-refractivity contribution in [2.75, 3.05) is 47.9 Å².